The Balaban J connectivity index is 2.20. The number of hydrogen-bond donors (Lipinski definition) is 3. The van der Waals surface area contributed by atoms with Gasteiger partial charge in [-0.3, -0.25) is 0 Å². The molecular formula is C13H20N2O3. The summed E-state index contributed by atoms with van der Waals surface area (Å²) in [6.07, 6.45) is 1.53. The average Bonchev–Trinajstić information content (AvgIpc) is 2.42. The summed E-state index contributed by atoms with van der Waals surface area (Å²) in [6.45, 7) is 1.36. The molecule has 4 N–H and O–H groups in total. The number of benzene rings is 1. The number of aliphatic hydroxyl groups excluding tert-OH is 1. The van der Waals surface area contributed by atoms with E-state index in [1.54, 1.807) is 13.2 Å². The van der Waals surface area contributed by atoms with Crippen LogP contribution < -0.4 is 15.8 Å². The number of nitrogens with two attached hydrogens (primary N) is 1. The van der Waals surface area contributed by atoms with Crippen molar-refractivity contribution in [3.05, 3.63) is 18.2 Å². The van der Waals surface area contributed by atoms with Crippen LogP contribution in [-0.4, -0.2) is 37.6 Å². The van der Waals surface area contributed by atoms with Crippen molar-refractivity contribution in [1.82, 2.24) is 0 Å². The van der Waals surface area contributed by atoms with Gasteiger partial charge in [0.2, 0.25) is 0 Å². The molecule has 1 aliphatic rings. The summed E-state index contributed by atoms with van der Waals surface area (Å²) in [7, 11) is 1.62. The molecule has 1 aromatic carbocycles. The first-order valence-corrected chi connectivity index (χ1v) is 6.09. The van der Waals surface area contributed by atoms with Gasteiger partial charge in [-0.25, -0.2) is 0 Å². The Labute approximate surface area is 107 Å². The average molecular weight is 252 g/mol. The minimum atomic E-state index is -0.348. The van der Waals surface area contributed by atoms with Gasteiger partial charge in [0.1, 0.15) is 5.75 Å². The van der Waals surface area contributed by atoms with Crippen LogP contribution in [0.3, 0.4) is 0 Å². The fourth-order valence-corrected chi connectivity index (χ4v) is 2.14. The molecule has 100 valence electrons. The molecule has 0 bridgehead atoms. The summed E-state index contributed by atoms with van der Waals surface area (Å²) in [5.74, 6) is 0.742. The molecule has 1 aromatic rings. The van der Waals surface area contributed by atoms with Crippen molar-refractivity contribution >= 4 is 11.4 Å². The monoisotopic (exact) mass is 252 g/mol. The van der Waals surface area contributed by atoms with Crippen molar-refractivity contribution < 1.29 is 14.6 Å². The van der Waals surface area contributed by atoms with Crippen molar-refractivity contribution in [2.45, 2.75) is 18.4 Å². The predicted octanol–water partition coefficient (Wildman–Crippen LogP) is 1.23. The molecule has 0 amide bonds. The lowest BCUT2D eigenvalue weighted by Crippen LogP contribution is -2.47. The number of rotatable bonds is 4. The third-order valence-electron chi connectivity index (χ3n) is 3.41. The molecule has 5 heteroatoms. The maximum Gasteiger partial charge on any atom is 0.121 e. The van der Waals surface area contributed by atoms with Crippen LogP contribution in [0.2, 0.25) is 0 Å². The highest BCUT2D eigenvalue weighted by atomic mass is 16.5. The Hall–Kier alpha value is -1.46. The number of aliphatic hydroxyl groups is 1. The van der Waals surface area contributed by atoms with Crippen LogP contribution in [0, 0.1) is 0 Å². The van der Waals surface area contributed by atoms with E-state index in [0.717, 1.165) is 24.3 Å². The van der Waals surface area contributed by atoms with E-state index in [4.69, 9.17) is 15.2 Å². The molecule has 0 aromatic heterocycles. The highest BCUT2D eigenvalue weighted by Gasteiger charge is 2.32. The van der Waals surface area contributed by atoms with E-state index in [1.165, 1.54) is 0 Å². The van der Waals surface area contributed by atoms with E-state index in [2.05, 4.69) is 5.32 Å². The first kappa shape index (κ1) is 13.0. The van der Waals surface area contributed by atoms with Crippen LogP contribution in [0.4, 0.5) is 11.4 Å². The minimum absolute atomic E-state index is 0.0625. The van der Waals surface area contributed by atoms with Gasteiger partial charge in [0.05, 0.1) is 30.6 Å². The maximum atomic E-state index is 9.63. The summed E-state index contributed by atoms with van der Waals surface area (Å²) >= 11 is 0. The summed E-state index contributed by atoms with van der Waals surface area (Å²) in [6, 6.07) is 5.46. The van der Waals surface area contributed by atoms with Gasteiger partial charge in [0.25, 0.3) is 0 Å². The fourth-order valence-electron chi connectivity index (χ4n) is 2.14. The smallest absolute Gasteiger partial charge is 0.121 e. The Morgan fingerprint density at radius 3 is 2.78 bits per heavy atom. The quantitative estimate of drug-likeness (QED) is 0.703. The van der Waals surface area contributed by atoms with Crippen molar-refractivity contribution in [2.75, 3.05) is 38.0 Å². The van der Waals surface area contributed by atoms with E-state index in [9.17, 15) is 5.11 Å². The number of methoxy groups -OCH3 is 1. The zero-order valence-corrected chi connectivity index (χ0v) is 10.6. The number of nitrogens with one attached hydrogen (secondary N) is 1. The van der Waals surface area contributed by atoms with Crippen molar-refractivity contribution in [1.29, 1.82) is 0 Å². The molecule has 0 radical (unpaired) electrons. The lowest BCUT2D eigenvalue weighted by molar-refractivity contribution is 0.0380. The van der Waals surface area contributed by atoms with Crippen molar-refractivity contribution in [2.24, 2.45) is 0 Å². The van der Waals surface area contributed by atoms with Crippen LogP contribution in [0.15, 0.2) is 18.2 Å². The van der Waals surface area contributed by atoms with E-state index in [1.807, 2.05) is 12.1 Å². The highest BCUT2D eigenvalue weighted by Crippen LogP contribution is 2.31. The minimum Gasteiger partial charge on any atom is -0.497 e. The van der Waals surface area contributed by atoms with Gasteiger partial charge >= 0.3 is 0 Å². The molecular weight excluding hydrogens is 232 g/mol. The van der Waals surface area contributed by atoms with E-state index in [0.29, 0.717) is 18.9 Å². The first-order chi connectivity index (χ1) is 8.69. The topological polar surface area (TPSA) is 76.7 Å². The van der Waals surface area contributed by atoms with Crippen LogP contribution >= 0.6 is 0 Å². The van der Waals surface area contributed by atoms with Gasteiger partial charge in [0.15, 0.2) is 0 Å². The molecule has 5 nitrogen and oxygen atoms in total. The second-order valence-electron chi connectivity index (χ2n) is 4.63. The van der Waals surface area contributed by atoms with Gasteiger partial charge in [-0.1, -0.05) is 0 Å². The van der Waals surface area contributed by atoms with Crippen LogP contribution in [0.5, 0.6) is 5.75 Å². The zero-order valence-electron chi connectivity index (χ0n) is 10.6. The summed E-state index contributed by atoms with van der Waals surface area (Å²) < 4.78 is 10.5. The lowest BCUT2D eigenvalue weighted by atomic mass is 9.90. The maximum absolute atomic E-state index is 9.63. The normalized spacial score (nSPS) is 18.3. The van der Waals surface area contributed by atoms with Gasteiger partial charge in [-0.05, 0) is 25.0 Å². The predicted molar refractivity (Wildman–Crippen MR) is 70.9 cm³/mol. The summed E-state index contributed by atoms with van der Waals surface area (Å²) in [5, 5.41) is 13.0. The molecule has 0 spiro atoms. The molecule has 1 saturated heterocycles. The van der Waals surface area contributed by atoms with E-state index >= 15 is 0 Å². The Morgan fingerprint density at radius 2 is 2.17 bits per heavy atom. The zero-order chi connectivity index (χ0) is 13.0. The van der Waals surface area contributed by atoms with Crippen LogP contribution in [0.25, 0.3) is 0 Å². The molecule has 0 unspecified atom stereocenters. The van der Waals surface area contributed by atoms with Crippen molar-refractivity contribution in [3.63, 3.8) is 0 Å². The largest absolute Gasteiger partial charge is 0.497 e. The standard InChI is InChI=1S/C13H20N2O3/c1-17-10-2-3-11(14)12(8-10)15-13(9-16)4-6-18-7-5-13/h2-3,8,15-16H,4-7,9,14H2,1H3. The molecule has 0 atom stereocenters. The molecule has 18 heavy (non-hydrogen) atoms. The number of nitrogen functional groups attached to an aromatic ring is 1. The Morgan fingerprint density at radius 1 is 1.44 bits per heavy atom. The van der Waals surface area contributed by atoms with Crippen LogP contribution in [0.1, 0.15) is 12.8 Å². The SMILES string of the molecule is COc1ccc(N)c(NC2(CO)CCOCC2)c1. The Bertz CT molecular complexity index is 403. The number of hydrogen-bond acceptors (Lipinski definition) is 5. The molecule has 2 rings (SSSR count). The fraction of sp³-hybridized carbons (Fsp3) is 0.538. The molecule has 1 fully saturated rings. The number of ether oxygens (including phenoxy) is 2. The molecule has 0 saturated carbocycles. The van der Waals surface area contributed by atoms with Crippen LogP contribution in [-0.2, 0) is 4.74 Å². The Kier molecular flexibility index (Phi) is 3.93. The second kappa shape index (κ2) is 5.46. The van der Waals surface area contributed by atoms with Gasteiger partial charge in [-0.2, -0.15) is 0 Å². The first-order valence-electron chi connectivity index (χ1n) is 6.09. The van der Waals surface area contributed by atoms with E-state index in [-0.39, 0.29) is 12.1 Å². The van der Waals surface area contributed by atoms with Gasteiger partial charge < -0.3 is 25.6 Å². The summed E-state index contributed by atoms with van der Waals surface area (Å²) in [5.41, 5.74) is 7.04. The van der Waals surface area contributed by atoms with E-state index < -0.39 is 0 Å². The molecule has 1 aliphatic heterocycles. The second-order valence-corrected chi connectivity index (χ2v) is 4.63. The highest BCUT2D eigenvalue weighted by molar-refractivity contribution is 5.69. The molecule has 1 heterocycles. The van der Waals surface area contributed by atoms with Gasteiger partial charge in [-0.15, -0.1) is 0 Å². The lowest BCUT2D eigenvalue weighted by Gasteiger charge is -2.37. The third-order valence-corrected chi connectivity index (χ3v) is 3.41. The van der Waals surface area contributed by atoms with Crippen molar-refractivity contribution in [3.8, 4) is 5.75 Å². The molecule has 0 aliphatic carbocycles. The summed E-state index contributed by atoms with van der Waals surface area (Å²) in [4.78, 5) is 0. The number of anilines is 2. The third kappa shape index (κ3) is 2.68. The van der Waals surface area contributed by atoms with Gasteiger partial charge in [0, 0.05) is 19.3 Å².